The van der Waals surface area contributed by atoms with Crippen LogP contribution in [0.1, 0.15) is 37.3 Å². The highest BCUT2D eigenvalue weighted by atomic mass is 16.4. The third-order valence-corrected chi connectivity index (χ3v) is 2.59. The topological polar surface area (TPSA) is 60.4 Å². The number of aromatic hydroxyl groups is 1. The first-order valence-corrected chi connectivity index (χ1v) is 5.64. The van der Waals surface area contributed by atoms with Crippen LogP contribution in [0.25, 0.3) is 0 Å². The van der Waals surface area contributed by atoms with Gasteiger partial charge in [0.05, 0.1) is 0 Å². The van der Waals surface area contributed by atoms with E-state index in [1.165, 1.54) is 0 Å². The van der Waals surface area contributed by atoms with Crippen molar-refractivity contribution in [3.8, 4) is 5.75 Å². The number of hydrogen-bond acceptors (Lipinski definition) is 3. The van der Waals surface area contributed by atoms with Crippen LogP contribution in [0.2, 0.25) is 0 Å². The summed E-state index contributed by atoms with van der Waals surface area (Å²) in [4.78, 5) is 10.5. The van der Waals surface area contributed by atoms with E-state index in [1.54, 1.807) is 12.1 Å². The van der Waals surface area contributed by atoms with Crippen molar-refractivity contribution in [1.82, 2.24) is 0 Å². The van der Waals surface area contributed by atoms with Crippen molar-refractivity contribution < 1.29 is 15.0 Å². The van der Waals surface area contributed by atoms with Crippen LogP contribution in [-0.4, -0.2) is 11.1 Å². The fourth-order valence-electron chi connectivity index (χ4n) is 1.71. The van der Waals surface area contributed by atoms with E-state index in [9.17, 15) is 15.0 Å². The van der Waals surface area contributed by atoms with Crippen molar-refractivity contribution in [2.24, 2.45) is 0 Å². The Morgan fingerprint density at radius 2 is 2.00 bits per heavy atom. The Balaban J connectivity index is 2.74. The molecule has 3 heteroatoms. The molecule has 1 aromatic rings. The van der Waals surface area contributed by atoms with Gasteiger partial charge in [0.15, 0.2) is 0 Å². The van der Waals surface area contributed by atoms with Crippen molar-refractivity contribution in [2.75, 3.05) is 0 Å². The van der Waals surface area contributed by atoms with E-state index < -0.39 is 5.97 Å². The highest BCUT2D eigenvalue weighted by Crippen LogP contribution is 2.24. The maximum absolute atomic E-state index is 10.5. The minimum Gasteiger partial charge on any atom is -0.550 e. The molecule has 1 rings (SSSR count). The first-order valence-electron chi connectivity index (χ1n) is 5.64. The lowest BCUT2D eigenvalue weighted by molar-refractivity contribution is -0.304. The van der Waals surface area contributed by atoms with Gasteiger partial charge >= 0.3 is 0 Å². The first kappa shape index (κ1) is 12.6. The number of carboxylic acids is 1. The number of phenolic OH excluding ortho intramolecular Hbond substituents is 1. The van der Waals surface area contributed by atoms with Crippen LogP contribution in [0.3, 0.4) is 0 Å². The second kappa shape index (κ2) is 6.16. The number of carbonyl (C=O) groups excluding carboxylic acids is 1. The predicted molar refractivity (Wildman–Crippen MR) is 60.0 cm³/mol. The molecule has 0 saturated carbocycles. The lowest BCUT2D eigenvalue weighted by Crippen LogP contribution is -2.24. The van der Waals surface area contributed by atoms with Crippen LogP contribution in [0.15, 0.2) is 18.2 Å². The lowest BCUT2D eigenvalue weighted by Gasteiger charge is -2.10. The maximum atomic E-state index is 10.5. The van der Waals surface area contributed by atoms with Crippen LogP contribution in [0.4, 0.5) is 0 Å². The molecule has 0 aliphatic heterocycles. The smallest absolute Gasteiger partial charge is 0.122 e. The van der Waals surface area contributed by atoms with Crippen LogP contribution in [-0.2, 0) is 17.6 Å². The van der Waals surface area contributed by atoms with Crippen molar-refractivity contribution in [1.29, 1.82) is 0 Å². The number of carbonyl (C=O) groups is 1. The van der Waals surface area contributed by atoms with Crippen molar-refractivity contribution >= 4 is 5.97 Å². The molecule has 0 aromatic heterocycles. The SMILES string of the molecule is CCCCCc1cccc(CC(=O)[O-])c1O. The van der Waals surface area contributed by atoms with Crippen molar-refractivity contribution in [3.05, 3.63) is 29.3 Å². The van der Waals surface area contributed by atoms with Gasteiger partial charge in [-0.3, -0.25) is 0 Å². The fourth-order valence-corrected chi connectivity index (χ4v) is 1.71. The van der Waals surface area contributed by atoms with Gasteiger partial charge in [-0.25, -0.2) is 0 Å². The molecule has 0 atom stereocenters. The Bertz CT molecular complexity index is 358. The van der Waals surface area contributed by atoms with Gasteiger partial charge in [0.2, 0.25) is 0 Å². The summed E-state index contributed by atoms with van der Waals surface area (Å²) in [5, 5.41) is 20.3. The molecule has 3 nitrogen and oxygen atoms in total. The van der Waals surface area contributed by atoms with E-state index in [0.717, 1.165) is 31.2 Å². The standard InChI is InChI=1S/C13H18O3/c1-2-3-4-6-10-7-5-8-11(13(10)16)9-12(14)15/h5,7-8,16H,2-4,6,9H2,1H3,(H,14,15)/p-1. The third-order valence-electron chi connectivity index (χ3n) is 2.59. The van der Waals surface area contributed by atoms with Crippen molar-refractivity contribution in [3.63, 3.8) is 0 Å². The molecule has 1 N–H and O–H groups in total. The molecular formula is C13H17O3-. The number of rotatable bonds is 6. The number of carboxylic acid groups (broad SMARTS) is 1. The number of aliphatic carboxylic acids is 1. The molecule has 0 fully saturated rings. The van der Waals surface area contributed by atoms with Gasteiger partial charge in [-0.1, -0.05) is 38.0 Å². The van der Waals surface area contributed by atoms with Gasteiger partial charge < -0.3 is 15.0 Å². The summed E-state index contributed by atoms with van der Waals surface area (Å²) < 4.78 is 0. The Labute approximate surface area is 95.7 Å². The Morgan fingerprint density at radius 1 is 1.31 bits per heavy atom. The molecule has 0 amide bonds. The van der Waals surface area contributed by atoms with Crippen LogP contribution in [0.5, 0.6) is 5.75 Å². The summed E-state index contributed by atoms with van der Waals surface area (Å²) in [7, 11) is 0. The zero-order valence-electron chi connectivity index (χ0n) is 9.53. The second-order valence-corrected chi connectivity index (χ2v) is 3.93. The first-order chi connectivity index (χ1) is 7.65. The van der Waals surface area contributed by atoms with Gasteiger partial charge in [-0.15, -0.1) is 0 Å². The highest BCUT2D eigenvalue weighted by molar-refractivity contribution is 5.69. The average molecular weight is 221 g/mol. The van der Waals surface area contributed by atoms with E-state index in [-0.39, 0.29) is 12.2 Å². The molecule has 0 unspecified atom stereocenters. The van der Waals surface area contributed by atoms with Crippen LogP contribution < -0.4 is 5.11 Å². The highest BCUT2D eigenvalue weighted by Gasteiger charge is 2.06. The number of aryl methyl sites for hydroxylation is 1. The third kappa shape index (κ3) is 3.57. The molecule has 1 aromatic carbocycles. The molecular weight excluding hydrogens is 204 g/mol. The molecule has 0 aliphatic rings. The maximum Gasteiger partial charge on any atom is 0.122 e. The minimum absolute atomic E-state index is 0.114. The van der Waals surface area contributed by atoms with Crippen LogP contribution in [0, 0.1) is 0 Å². The summed E-state index contributed by atoms with van der Waals surface area (Å²) in [6, 6.07) is 5.23. The Kier molecular flexibility index (Phi) is 4.83. The fraction of sp³-hybridized carbons (Fsp3) is 0.462. The van der Waals surface area contributed by atoms with Gasteiger partial charge in [-0.2, -0.15) is 0 Å². The lowest BCUT2D eigenvalue weighted by atomic mass is 10.0. The normalized spacial score (nSPS) is 10.3. The number of phenols is 1. The zero-order chi connectivity index (χ0) is 12.0. The zero-order valence-corrected chi connectivity index (χ0v) is 9.53. The number of hydrogen-bond donors (Lipinski definition) is 1. The minimum atomic E-state index is -1.17. The monoisotopic (exact) mass is 221 g/mol. The van der Waals surface area contributed by atoms with Crippen LogP contribution >= 0.6 is 0 Å². The quantitative estimate of drug-likeness (QED) is 0.739. The molecule has 0 saturated heterocycles. The molecule has 0 spiro atoms. The van der Waals surface area contributed by atoms with E-state index in [1.807, 2.05) is 6.07 Å². The molecule has 0 bridgehead atoms. The number of benzene rings is 1. The summed E-state index contributed by atoms with van der Waals surface area (Å²) >= 11 is 0. The Hall–Kier alpha value is -1.51. The molecule has 0 radical (unpaired) electrons. The second-order valence-electron chi connectivity index (χ2n) is 3.93. The predicted octanol–water partition coefficient (Wildman–Crippen LogP) is 1.42. The summed E-state index contributed by atoms with van der Waals surface area (Å²) in [6.07, 6.45) is 3.82. The summed E-state index contributed by atoms with van der Waals surface area (Å²) in [6.45, 7) is 2.12. The summed E-state index contributed by atoms with van der Waals surface area (Å²) in [5.74, 6) is -1.05. The van der Waals surface area contributed by atoms with E-state index in [0.29, 0.717) is 5.56 Å². The average Bonchev–Trinajstić information content (AvgIpc) is 2.23. The molecule has 0 heterocycles. The van der Waals surface area contributed by atoms with E-state index in [2.05, 4.69) is 6.92 Å². The number of para-hydroxylation sites is 1. The molecule has 16 heavy (non-hydrogen) atoms. The molecule has 88 valence electrons. The van der Waals surface area contributed by atoms with E-state index in [4.69, 9.17) is 0 Å². The van der Waals surface area contributed by atoms with Gasteiger partial charge in [0.25, 0.3) is 0 Å². The van der Waals surface area contributed by atoms with Crippen molar-refractivity contribution in [2.45, 2.75) is 39.0 Å². The number of unbranched alkanes of at least 4 members (excludes halogenated alkanes) is 2. The van der Waals surface area contributed by atoms with Gasteiger partial charge in [0.1, 0.15) is 5.75 Å². The largest absolute Gasteiger partial charge is 0.550 e. The Morgan fingerprint density at radius 3 is 2.62 bits per heavy atom. The van der Waals surface area contributed by atoms with Gasteiger partial charge in [-0.05, 0) is 24.0 Å². The van der Waals surface area contributed by atoms with E-state index >= 15 is 0 Å². The molecule has 0 aliphatic carbocycles. The summed E-state index contributed by atoms with van der Waals surface area (Å²) in [5.41, 5.74) is 1.26. The van der Waals surface area contributed by atoms with Gasteiger partial charge in [0, 0.05) is 12.4 Å².